The van der Waals surface area contributed by atoms with Crippen molar-refractivity contribution in [3.8, 4) is 0 Å². The van der Waals surface area contributed by atoms with E-state index in [1.54, 1.807) is 11.3 Å². The zero-order valence-electron chi connectivity index (χ0n) is 15.4. The van der Waals surface area contributed by atoms with E-state index in [9.17, 15) is 0 Å². The Bertz CT molecular complexity index is 549. The lowest BCUT2D eigenvalue weighted by Gasteiger charge is -2.35. The van der Waals surface area contributed by atoms with Crippen molar-refractivity contribution in [2.24, 2.45) is 4.99 Å². The highest BCUT2D eigenvalue weighted by atomic mass is 32.1. The Morgan fingerprint density at radius 2 is 2.24 bits per heavy atom. The molecule has 0 amide bonds. The van der Waals surface area contributed by atoms with Crippen molar-refractivity contribution in [3.05, 3.63) is 16.1 Å². The molecule has 0 aromatic carbocycles. The molecule has 0 aliphatic carbocycles. The molecule has 1 aromatic rings. The van der Waals surface area contributed by atoms with Gasteiger partial charge in [-0.15, -0.1) is 11.3 Å². The van der Waals surface area contributed by atoms with Crippen LogP contribution in [-0.4, -0.2) is 61.4 Å². The van der Waals surface area contributed by atoms with Gasteiger partial charge in [-0.25, -0.2) is 4.98 Å². The van der Waals surface area contributed by atoms with Crippen LogP contribution < -0.4 is 5.32 Å². The third kappa shape index (κ3) is 5.66. The lowest BCUT2D eigenvalue weighted by molar-refractivity contribution is -0.0721. The van der Waals surface area contributed by atoms with E-state index in [1.807, 2.05) is 20.2 Å². The van der Waals surface area contributed by atoms with Gasteiger partial charge in [-0.3, -0.25) is 4.99 Å². The quantitative estimate of drug-likeness (QED) is 0.641. The molecule has 2 aliphatic rings. The normalized spacial score (nSPS) is 23.0. The Morgan fingerprint density at radius 1 is 1.40 bits per heavy atom. The number of piperidine rings is 1. The van der Waals surface area contributed by atoms with Crippen LogP contribution in [-0.2, 0) is 16.0 Å². The van der Waals surface area contributed by atoms with Gasteiger partial charge in [0.05, 0.1) is 30.4 Å². The van der Waals surface area contributed by atoms with Crippen LogP contribution in [0.15, 0.2) is 11.2 Å². The molecule has 140 valence electrons. The number of hydrogen-bond donors (Lipinski definition) is 1. The van der Waals surface area contributed by atoms with Gasteiger partial charge in [0.25, 0.3) is 0 Å². The van der Waals surface area contributed by atoms with Crippen LogP contribution in [0.2, 0.25) is 0 Å². The number of aliphatic imine (C=N–C) groups is 1. The van der Waals surface area contributed by atoms with Crippen molar-refractivity contribution in [1.29, 1.82) is 0 Å². The highest BCUT2D eigenvalue weighted by Crippen LogP contribution is 2.18. The molecule has 0 spiro atoms. The van der Waals surface area contributed by atoms with Gasteiger partial charge in [-0.1, -0.05) is 0 Å². The van der Waals surface area contributed by atoms with E-state index in [0.717, 1.165) is 63.1 Å². The highest BCUT2D eigenvalue weighted by Gasteiger charge is 2.23. The molecule has 2 aliphatic heterocycles. The second-order valence-electron chi connectivity index (χ2n) is 6.75. The molecule has 2 fully saturated rings. The van der Waals surface area contributed by atoms with Crippen LogP contribution in [0.3, 0.4) is 0 Å². The topological polar surface area (TPSA) is 59.0 Å². The number of aryl methyl sites for hydroxylation is 1. The molecule has 7 heteroatoms. The van der Waals surface area contributed by atoms with Gasteiger partial charge >= 0.3 is 0 Å². The third-order valence-electron chi connectivity index (χ3n) is 4.84. The maximum absolute atomic E-state index is 6.10. The first-order valence-corrected chi connectivity index (χ1v) is 10.2. The molecule has 3 heterocycles. The fraction of sp³-hybridized carbons (Fsp3) is 0.778. The van der Waals surface area contributed by atoms with E-state index in [2.05, 4.69) is 20.2 Å². The summed E-state index contributed by atoms with van der Waals surface area (Å²) >= 11 is 1.73. The van der Waals surface area contributed by atoms with Gasteiger partial charge < -0.3 is 19.7 Å². The van der Waals surface area contributed by atoms with Crippen molar-refractivity contribution >= 4 is 17.3 Å². The molecule has 1 unspecified atom stereocenters. The van der Waals surface area contributed by atoms with E-state index >= 15 is 0 Å². The van der Waals surface area contributed by atoms with Crippen molar-refractivity contribution in [3.63, 3.8) is 0 Å². The van der Waals surface area contributed by atoms with Crippen molar-refractivity contribution in [2.45, 2.75) is 57.8 Å². The number of nitrogens with one attached hydrogen (secondary N) is 1. The molecule has 25 heavy (non-hydrogen) atoms. The molecule has 1 N–H and O–H groups in total. The van der Waals surface area contributed by atoms with Gasteiger partial charge in [-0.2, -0.15) is 0 Å². The summed E-state index contributed by atoms with van der Waals surface area (Å²) in [5.74, 6) is 0.972. The van der Waals surface area contributed by atoms with Gasteiger partial charge in [0.15, 0.2) is 5.96 Å². The van der Waals surface area contributed by atoms with Crippen LogP contribution in [0.4, 0.5) is 0 Å². The molecule has 0 saturated carbocycles. The third-order valence-corrected chi connectivity index (χ3v) is 5.75. The Morgan fingerprint density at radius 3 is 2.88 bits per heavy atom. The average molecular weight is 367 g/mol. The van der Waals surface area contributed by atoms with Crippen LogP contribution in [0.25, 0.3) is 0 Å². The summed E-state index contributed by atoms with van der Waals surface area (Å²) in [6.07, 6.45) is 8.31. The van der Waals surface area contributed by atoms with Crippen molar-refractivity contribution in [2.75, 3.05) is 33.4 Å². The maximum Gasteiger partial charge on any atom is 0.193 e. The zero-order chi connectivity index (χ0) is 17.5. The van der Waals surface area contributed by atoms with Crippen LogP contribution in [0, 0.1) is 6.92 Å². The summed E-state index contributed by atoms with van der Waals surface area (Å²) in [5, 5.41) is 4.56. The summed E-state index contributed by atoms with van der Waals surface area (Å²) in [7, 11) is 1.85. The zero-order valence-corrected chi connectivity index (χ0v) is 16.2. The minimum Gasteiger partial charge on any atom is -0.376 e. The van der Waals surface area contributed by atoms with E-state index in [1.165, 1.54) is 17.7 Å². The Labute approximate surface area is 154 Å². The maximum atomic E-state index is 6.10. The van der Waals surface area contributed by atoms with Crippen molar-refractivity contribution in [1.82, 2.24) is 15.2 Å². The summed E-state index contributed by atoms with van der Waals surface area (Å²) in [6.45, 7) is 6.44. The summed E-state index contributed by atoms with van der Waals surface area (Å²) in [6, 6.07) is 0. The predicted octanol–water partition coefficient (Wildman–Crippen LogP) is 2.58. The second kappa shape index (κ2) is 9.50. The first-order chi connectivity index (χ1) is 12.2. The Hall–Kier alpha value is -1.18. The Balaban J connectivity index is 1.37. The van der Waals surface area contributed by atoms with Crippen LogP contribution in [0.1, 0.15) is 42.0 Å². The fourth-order valence-electron chi connectivity index (χ4n) is 3.40. The lowest BCUT2D eigenvalue weighted by Crippen LogP contribution is -2.47. The van der Waals surface area contributed by atoms with E-state index in [4.69, 9.17) is 9.47 Å². The molecular formula is C18H30N4O2S. The minimum atomic E-state index is 0.309. The SMILES string of the molecule is CN=C(NCc1cnc(C)s1)N1CCC(OCC2CCCCO2)CC1. The lowest BCUT2D eigenvalue weighted by atomic mass is 10.1. The fourth-order valence-corrected chi connectivity index (χ4v) is 4.14. The van der Waals surface area contributed by atoms with E-state index < -0.39 is 0 Å². The van der Waals surface area contributed by atoms with Crippen molar-refractivity contribution < 1.29 is 9.47 Å². The molecule has 1 aromatic heterocycles. The number of hydrogen-bond acceptors (Lipinski definition) is 5. The van der Waals surface area contributed by atoms with E-state index in [0.29, 0.717) is 12.2 Å². The molecular weight excluding hydrogens is 336 g/mol. The number of nitrogens with zero attached hydrogens (tertiary/aromatic N) is 3. The molecule has 0 radical (unpaired) electrons. The number of aromatic nitrogens is 1. The predicted molar refractivity (Wildman–Crippen MR) is 101 cm³/mol. The number of guanidine groups is 1. The molecule has 1 atom stereocenters. The average Bonchev–Trinajstić information content (AvgIpc) is 3.07. The summed E-state index contributed by atoms with van der Waals surface area (Å²) in [4.78, 5) is 12.3. The van der Waals surface area contributed by atoms with Gasteiger partial charge in [-0.05, 0) is 39.0 Å². The number of ether oxygens (including phenoxy) is 2. The largest absolute Gasteiger partial charge is 0.376 e. The second-order valence-corrected chi connectivity index (χ2v) is 8.07. The highest BCUT2D eigenvalue weighted by molar-refractivity contribution is 7.11. The monoisotopic (exact) mass is 366 g/mol. The number of rotatable bonds is 5. The van der Waals surface area contributed by atoms with Gasteiger partial charge in [0.2, 0.25) is 0 Å². The molecule has 2 saturated heterocycles. The van der Waals surface area contributed by atoms with Crippen LogP contribution in [0.5, 0.6) is 0 Å². The molecule has 3 rings (SSSR count). The smallest absolute Gasteiger partial charge is 0.193 e. The van der Waals surface area contributed by atoms with E-state index in [-0.39, 0.29) is 0 Å². The summed E-state index contributed by atoms with van der Waals surface area (Å²) < 4.78 is 11.9. The standard InChI is InChI=1S/C18H30N4O2S/c1-14-20-11-17(25-14)12-21-18(19-2)22-8-6-15(7-9-22)24-13-16-5-3-4-10-23-16/h11,15-16H,3-10,12-13H2,1-2H3,(H,19,21). The first kappa shape index (κ1) is 18.6. The molecule has 0 bridgehead atoms. The summed E-state index contributed by atoms with van der Waals surface area (Å²) in [5.41, 5.74) is 0. The number of likely N-dealkylation sites (tertiary alicyclic amines) is 1. The van der Waals surface area contributed by atoms with Crippen LogP contribution >= 0.6 is 11.3 Å². The molecule has 6 nitrogen and oxygen atoms in total. The minimum absolute atomic E-state index is 0.309. The first-order valence-electron chi connectivity index (χ1n) is 9.34. The Kier molecular flexibility index (Phi) is 7.07. The van der Waals surface area contributed by atoms with Gasteiger partial charge in [0.1, 0.15) is 0 Å². The number of thiazole rings is 1. The van der Waals surface area contributed by atoms with Gasteiger partial charge in [0, 0.05) is 37.8 Å².